The standard InChI is InChI=1S/C12H16N2O/c1-2-6-14-7-8-15-12-5-3-4-11(9-12)10-13/h3-5,9,14H,2,6-8H2,1H3. The van der Waals surface area contributed by atoms with Crippen LogP contribution in [0.3, 0.4) is 0 Å². The van der Waals surface area contributed by atoms with Crippen molar-refractivity contribution in [2.24, 2.45) is 0 Å². The second-order valence-corrected chi connectivity index (χ2v) is 3.24. The molecule has 0 spiro atoms. The van der Waals surface area contributed by atoms with E-state index in [9.17, 15) is 0 Å². The van der Waals surface area contributed by atoms with Crippen LogP contribution in [0.1, 0.15) is 18.9 Å². The predicted octanol–water partition coefficient (Wildman–Crippen LogP) is 1.94. The van der Waals surface area contributed by atoms with E-state index in [4.69, 9.17) is 10.00 Å². The predicted molar refractivity (Wildman–Crippen MR) is 59.8 cm³/mol. The van der Waals surface area contributed by atoms with Crippen molar-refractivity contribution in [3.63, 3.8) is 0 Å². The third kappa shape index (κ3) is 4.48. The van der Waals surface area contributed by atoms with Crippen LogP contribution in [0.2, 0.25) is 0 Å². The molecule has 3 heteroatoms. The van der Waals surface area contributed by atoms with Gasteiger partial charge in [0.1, 0.15) is 12.4 Å². The molecular weight excluding hydrogens is 188 g/mol. The molecule has 0 aliphatic heterocycles. The van der Waals surface area contributed by atoms with Gasteiger partial charge in [0.15, 0.2) is 0 Å². The summed E-state index contributed by atoms with van der Waals surface area (Å²) in [6.07, 6.45) is 1.13. The minimum atomic E-state index is 0.633. The Kier molecular flexibility index (Phi) is 5.28. The Hall–Kier alpha value is -1.53. The Morgan fingerprint density at radius 1 is 1.40 bits per heavy atom. The smallest absolute Gasteiger partial charge is 0.120 e. The van der Waals surface area contributed by atoms with Crippen molar-refractivity contribution < 1.29 is 4.74 Å². The molecule has 0 saturated heterocycles. The summed E-state index contributed by atoms with van der Waals surface area (Å²) in [5, 5.41) is 11.9. The molecule has 0 aliphatic rings. The van der Waals surface area contributed by atoms with Crippen LogP contribution in [0.25, 0.3) is 0 Å². The highest BCUT2D eigenvalue weighted by Crippen LogP contribution is 2.11. The molecule has 0 saturated carbocycles. The van der Waals surface area contributed by atoms with Crippen LogP contribution in [-0.2, 0) is 0 Å². The Balaban J connectivity index is 2.28. The van der Waals surface area contributed by atoms with Crippen molar-refractivity contribution in [2.75, 3.05) is 19.7 Å². The van der Waals surface area contributed by atoms with E-state index in [1.807, 2.05) is 12.1 Å². The van der Waals surface area contributed by atoms with Gasteiger partial charge in [0.2, 0.25) is 0 Å². The minimum absolute atomic E-state index is 0.633. The van der Waals surface area contributed by atoms with Crippen LogP contribution in [-0.4, -0.2) is 19.7 Å². The SMILES string of the molecule is CCCNCCOc1cccc(C#N)c1. The van der Waals surface area contributed by atoms with Crippen molar-refractivity contribution in [1.29, 1.82) is 5.26 Å². The maximum Gasteiger partial charge on any atom is 0.120 e. The molecule has 0 amide bonds. The van der Waals surface area contributed by atoms with E-state index < -0.39 is 0 Å². The molecule has 0 aromatic heterocycles. The summed E-state index contributed by atoms with van der Waals surface area (Å²) in [7, 11) is 0. The van der Waals surface area contributed by atoms with E-state index in [1.54, 1.807) is 12.1 Å². The summed E-state index contributed by atoms with van der Waals surface area (Å²) in [4.78, 5) is 0. The lowest BCUT2D eigenvalue weighted by molar-refractivity contribution is 0.314. The van der Waals surface area contributed by atoms with Crippen LogP contribution < -0.4 is 10.1 Å². The van der Waals surface area contributed by atoms with Gasteiger partial charge in [0.25, 0.3) is 0 Å². The Morgan fingerprint density at radius 2 is 2.27 bits per heavy atom. The molecule has 80 valence electrons. The van der Waals surface area contributed by atoms with Crippen molar-refractivity contribution in [1.82, 2.24) is 5.32 Å². The summed E-state index contributed by atoms with van der Waals surface area (Å²) < 4.78 is 5.48. The van der Waals surface area contributed by atoms with Gasteiger partial charge in [-0.3, -0.25) is 0 Å². The number of hydrogen-bond donors (Lipinski definition) is 1. The lowest BCUT2D eigenvalue weighted by atomic mass is 10.2. The van der Waals surface area contributed by atoms with E-state index in [-0.39, 0.29) is 0 Å². The zero-order chi connectivity index (χ0) is 10.9. The third-order valence-electron chi connectivity index (χ3n) is 1.94. The number of hydrogen-bond acceptors (Lipinski definition) is 3. The highest BCUT2D eigenvalue weighted by atomic mass is 16.5. The zero-order valence-corrected chi connectivity index (χ0v) is 8.99. The number of nitriles is 1. The summed E-state index contributed by atoms with van der Waals surface area (Å²) in [5.41, 5.74) is 0.633. The highest BCUT2D eigenvalue weighted by Gasteiger charge is 1.95. The lowest BCUT2D eigenvalue weighted by Crippen LogP contribution is -2.21. The first-order valence-electron chi connectivity index (χ1n) is 5.20. The molecule has 1 N–H and O–H groups in total. The zero-order valence-electron chi connectivity index (χ0n) is 8.99. The number of rotatable bonds is 6. The van der Waals surface area contributed by atoms with Gasteiger partial charge in [-0.05, 0) is 31.2 Å². The first-order chi connectivity index (χ1) is 7.36. The molecular formula is C12H16N2O. The molecule has 0 atom stereocenters. The van der Waals surface area contributed by atoms with E-state index in [1.165, 1.54) is 0 Å². The highest BCUT2D eigenvalue weighted by molar-refractivity contribution is 5.36. The van der Waals surface area contributed by atoms with E-state index in [0.29, 0.717) is 12.2 Å². The molecule has 1 aromatic carbocycles. The Morgan fingerprint density at radius 3 is 3.00 bits per heavy atom. The van der Waals surface area contributed by atoms with Gasteiger partial charge < -0.3 is 10.1 Å². The Labute approximate surface area is 90.7 Å². The van der Waals surface area contributed by atoms with Gasteiger partial charge in [0.05, 0.1) is 11.6 Å². The number of nitrogens with one attached hydrogen (secondary N) is 1. The molecule has 0 heterocycles. The fourth-order valence-electron chi connectivity index (χ4n) is 1.20. The molecule has 0 unspecified atom stereocenters. The topological polar surface area (TPSA) is 45.0 Å². The fraction of sp³-hybridized carbons (Fsp3) is 0.417. The first-order valence-corrected chi connectivity index (χ1v) is 5.20. The molecule has 1 rings (SSSR count). The van der Waals surface area contributed by atoms with Crippen molar-refractivity contribution in [2.45, 2.75) is 13.3 Å². The normalized spacial score (nSPS) is 9.60. The van der Waals surface area contributed by atoms with Crippen molar-refractivity contribution in [3.8, 4) is 11.8 Å². The molecule has 0 radical (unpaired) electrons. The molecule has 0 fully saturated rings. The minimum Gasteiger partial charge on any atom is -0.492 e. The molecule has 15 heavy (non-hydrogen) atoms. The van der Waals surface area contributed by atoms with E-state index in [0.717, 1.165) is 25.3 Å². The molecule has 0 bridgehead atoms. The van der Waals surface area contributed by atoms with Gasteiger partial charge in [-0.2, -0.15) is 5.26 Å². The van der Waals surface area contributed by atoms with Crippen LogP contribution in [0, 0.1) is 11.3 Å². The summed E-state index contributed by atoms with van der Waals surface area (Å²) in [6, 6.07) is 9.29. The van der Waals surface area contributed by atoms with Crippen LogP contribution in [0.15, 0.2) is 24.3 Å². The second kappa shape index (κ2) is 6.86. The molecule has 3 nitrogen and oxygen atoms in total. The maximum atomic E-state index is 8.69. The second-order valence-electron chi connectivity index (χ2n) is 3.24. The van der Waals surface area contributed by atoms with E-state index in [2.05, 4.69) is 18.3 Å². The summed E-state index contributed by atoms with van der Waals surface area (Å²) in [5.74, 6) is 0.757. The van der Waals surface area contributed by atoms with Crippen molar-refractivity contribution >= 4 is 0 Å². The molecule has 0 aliphatic carbocycles. The van der Waals surface area contributed by atoms with Gasteiger partial charge in [-0.25, -0.2) is 0 Å². The molecule has 1 aromatic rings. The van der Waals surface area contributed by atoms with E-state index >= 15 is 0 Å². The number of nitrogens with zero attached hydrogens (tertiary/aromatic N) is 1. The Bertz CT molecular complexity index is 331. The lowest BCUT2D eigenvalue weighted by Gasteiger charge is -2.06. The number of benzene rings is 1. The van der Waals surface area contributed by atoms with Gasteiger partial charge in [-0.1, -0.05) is 13.0 Å². The van der Waals surface area contributed by atoms with Crippen molar-refractivity contribution in [3.05, 3.63) is 29.8 Å². The van der Waals surface area contributed by atoms with Gasteiger partial charge in [0, 0.05) is 6.54 Å². The average Bonchev–Trinajstić information content (AvgIpc) is 2.29. The maximum absolute atomic E-state index is 8.69. The summed E-state index contributed by atoms with van der Waals surface area (Å²) in [6.45, 7) is 4.62. The van der Waals surface area contributed by atoms with Gasteiger partial charge in [-0.15, -0.1) is 0 Å². The largest absolute Gasteiger partial charge is 0.492 e. The summed E-state index contributed by atoms with van der Waals surface area (Å²) >= 11 is 0. The van der Waals surface area contributed by atoms with Crippen LogP contribution in [0.5, 0.6) is 5.75 Å². The van der Waals surface area contributed by atoms with Crippen LogP contribution in [0.4, 0.5) is 0 Å². The van der Waals surface area contributed by atoms with Crippen LogP contribution >= 0.6 is 0 Å². The first kappa shape index (κ1) is 11.5. The number of ether oxygens (including phenoxy) is 1. The fourth-order valence-corrected chi connectivity index (χ4v) is 1.20. The van der Waals surface area contributed by atoms with Gasteiger partial charge >= 0.3 is 0 Å². The average molecular weight is 204 g/mol. The third-order valence-corrected chi connectivity index (χ3v) is 1.94. The quantitative estimate of drug-likeness (QED) is 0.720. The monoisotopic (exact) mass is 204 g/mol.